The lowest BCUT2D eigenvalue weighted by Crippen LogP contribution is -2.10. The van der Waals surface area contributed by atoms with Crippen LogP contribution in [0.3, 0.4) is 0 Å². The van der Waals surface area contributed by atoms with Gasteiger partial charge >= 0.3 is 0 Å². The standard InChI is InChI=1S/C12H17NO3/c1-15-10-7-6-9(11(8-10)16-2)4-3-5-12(13)14/h6-8H,3-5H2,1-2H3,(H2,13,14). The van der Waals surface area contributed by atoms with Gasteiger partial charge in [0, 0.05) is 12.5 Å². The fraction of sp³-hybridized carbons (Fsp3) is 0.417. The summed E-state index contributed by atoms with van der Waals surface area (Å²) < 4.78 is 10.3. The summed E-state index contributed by atoms with van der Waals surface area (Å²) in [5.74, 6) is 1.27. The lowest BCUT2D eigenvalue weighted by Gasteiger charge is -2.09. The van der Waals surface area contributed by atoms with Gasteiger partial charge in [-0.05, 0) is 24.5 Å². The second-order valence-corrected chi connectivity index (χ2v) is 3.50. The van der Waals surface area contributed by atoms with E-state index in [1.54, 1.807) is 14.2 Å². The van der Waals surface area contributed by atoms with E-state index in [1.807, 2.05) is 18.2 Å². The average Bonchev–Trinajstić information content (AvgIpc) is 2.29. The Balaban J connectivity index is 2.68. The Bertz CT molecular complexity index is 363. The Hall–Kier alpha value is -1.71. The van der Waals surface area contributed by atoms with Crippen LogP contribution in [-0.4, -0.2) is 20.1 Å². The molecule has 1 aromatic carbocycles. The molecule has 0 radical (unpaired) electrons. The molecule has 0 aromatic heterocycles. The van der Waals surface area contributed by atoms with Gasteiger partial charge in [0.05, 0.1) is 14.2 Å². The van der Waals surface area contributed by atoms with Crippen LogP contribution >= 0.6 is 0 Å². The predicted octanol–water partition coefficient (Wildman–Crippen LogP) is 1.51. The first-order valence-corrected chi connectivity index (χ1v) is 5.16. The van der Waals surface area contributed by atoms with Crippen molar-refractivity contribution in [2.24, 2.45) is 5.73 Å². The Morgan fingerprint density at radius 3 is 2.62 bits per heavy atom. The molecule has 0 bridgehead atoms. The van der Waals surface area contributed by atoms with Gasteiger partial charge in [-0.3, -0.25) is 4.79 Å². The number of benzene rings is 1. The summed E-state index contributed by atoms with van der Waals surface area (Å²) in [6, 6.07) is 5.65. The molecule has 0 spiro atoms. The number of carbonyl (C=O) groups is 1. The molecule has 1 aromatic rings. The van der Waals surface area contributed by atoms with E-state index in [0.29, 0.717) is 6.42 Å². The second kappa shape index (κ2) is 6.00. The minimum absolute atomic E-state index is 0.271. The fourth-order valence-electron chi connectivity index (χ4n) is 1.51. The highest BCUT2D eigenvalue weighted by Gasteiger charge is 2.05. The van der Waals surface area contributed by atoms with E-state index >= 15 is 0 Å². The third kappa shape index (κ3) is 3.46. The van der Waals surface area contributed by atoms with Crippen molar-refractivity contribution in [1.82, 2.24) is 0 Å². The van der Waals surface area contributed by atoms with Crippen molar-refractivity contribution in [2.75, 3.05) is 14.2 Å². The monoisotopic (exact) mass is 223 g/mol. The summed E-state index contributed by atoms with van der Waals surface area (Å²) in [4.78, 5) is 10.6. The van der Waals surface area contributed by atoms with Crippen molar-refractivity contribution in [1.29, 1.82) is 0 Å². The number of hydrogen-bond acceptors (Lipinski definition) is 3. The maximum Gasteiger partial charge on any atom is 0.217 e. The molecule has 88 valence electrons. The SMILES string of the molecule is COc1ccc(CCCC(N)=O)c(OC)c1. The first-order valence-electron chi connectivity index (χ1n) is 5.16. The Labute approximate surface area is 95.3 Å². The summed E-state index contributed by atoms with van der Waals surface area (Å²) >= 11 is 0. The minimum Gasteiger partial charge on any atom is -0.497 e. The molecule has 0 aliphatic carbocycles. The van der Waals surface area contributed by atoms with Crippen LogP contribution in [0.15, 0.2) is 18.2 Å². The number of aryl methyl sites for hydroxylation is 1. The van der Waals surface area contributed by atoms with Crippen LogP contribution in [-0.2, 0) is 11.2 Å². The highest BCUT2D eigenvalue weighted by molar-refractivity contribution is 5.73. The van der Waals surface area contributed by atoms with Crippen molar-refractivity contribution in [3.8, 4) is 11.5 Å². The van der Waals surface area contributed by atoms with E-state index in [-0.39, 0.29) is 5.91 Å². The molecule has 0 heterocycles. The Kier molecular flexibility index (Phi) is 4.64. The molecule has 0 atom stereocenters. The zero-order chi connectivity index (χ0) is 12.0. The molecule has 2 N–H and O–H groups in total. The van der Waals surface area contributed by atoms with Crippen molar-refractivity contribution in [2.45, 2.75) is 19.3 Å². The molecular formula is C12H17NO3. The number of amides is 1. The van der Waals surface area contributed by atoms with Gasteiger partial charge in [-0.25, -0.2) is 0 Å². The van der Waals surface area contributed by atoms with Crippen LogP contribution < -0.4 is 15.2 Å². The second-order valence-electron chi connectivity index (χ2n) is 3.50. The van der Waals surface area contributed by atoms with Crippen LogP contribution in [0.2, 0.25) is 0 Å². The predicted molar refractivity (Wildman–Crippen MR) is 61.7 cm³/mol. The first kappa shape index (κ1) is 12.4. The molecule has 1 amide bonds. The van der Waals surface area contributed by atoms with Gasteiger partial charge in [-0.15, -0.1) is 0 Å². The largest absolute Gasteiger partial charge is 0.497 e. The lowest BCUT2D eigenvalue weighted by atomic mass is 10.1. The molecule has 0 saturated heterocycles. The molecule has 16 heavy (non-hydrogen) atoms. The van der Waals surface area contributed by atoms with Crippen LogP contribution in [0.1, 0.15) is 18.4 Å². The Morgan fingerprint density at radius 2 is 2.06 bits per heavy atom. The van der Waals surface area contributed by atoms with Gasteiger partial charge in [-0.1, -0.05) is 6.07 Å². The number of methoxy groups -OCH3 is 2. The van der Waals surface area contributed by atoms with Crippen LogP contribution in [0.4, 0.5) is 0 Å². The van der Waals surface area contributed by atoms with E-state index in [1.165, 1.54) is 0 Å². The van der Waals surface area contributed by atoms with Gasteiger partial charge in [-0.2, -0.15) is 0 Å². The van der Waals surface area contributed by atoms with Gasteiger partial charge in [0.2, 0.25) is 5.91 Å². The average molecular weight is 223 g/mol. The Morgan fingerprint density at radius 1 is 1.31 bits per heavy atom. The van der Waals surface area contributed by atoms with Crippen LogP contribution in [0.25, 0.3) is 0 Å². The maximum absolute atomic E-state index is 10.6. The molecule has 0 unspecified atom stereocenters. The van der Waals surface area contributed by atoms with Gasteiger partial charge in [0.15, 0.2) is 0 Å². The molecule has 4 heteroatoms. The highest BCUT2D eigenvalue weighted by atomic mass is 16.5. The number of rotatable bonds is 6. The summed E-state index contributed by atoms with van der Waals surface area (Å²) in [6.45, 7) is 0. The number of nitrogens with two attached hydrogens (primary N) is 1. The number of primary amides is 1. The van der Waals surface area contributed by atoms with Crippen molar-refractivity contribution < 1.29 is 14.3 Å². The van der Waals surface area contributed by atoms with Gasteiger partial charge in [0.1, 0.15) is 11.5 Å². The summed E-state index contributed by atoms with van der Waals surface area (Å²) in [5.41, 5.74) is 6.14. The summed E-state index contributed by atoms with van der Waals surface area (Å²) in [7, 11) is 3.23. The zero-order valence-electron chi connectivity index (χ0n) is 9.66. The molecule has 0 aliphatic rings. The molecule has 4 nitrogen and oxygen atoms in total. The number of carbonyl (C=O) groups excluding carboxylic acids is 1. The quantitative estimate of drug-likeness (QED) is 0.795. The maximum atomic E-state index is 10.6. The molecule has 1 rings (SSSR count). The van der Waals surface area contributed by atoms with E-state index in [0.717, 1.165) is 29.9 Å². The summed E-state index contributed by atoms with van der Waals surface area (Å²) in [5, 5.41) is 0. The van der Waals surface area contributed by atoms with Gasteiger partial charge < -0.3 is 15.2 Å². The van der Waals surface area contributed by atoms with E-state index in [2.05, 4.69) is 0 Å². The lowest BCUT2D eigenvalue weighted by molar-refractivity contribution is -0.118. The number of hydrogen-bond donors (Lipinski definition) is 1. The minimum atomic E-state index is -0.271. The molecule has 0 aliphatic heterocycles. The normalized spacial score (nSPS) is 9.88. The van der Waals surface area contributed by atoms with E-state index < -0.39 is 0 Å². The third-order valence-corrected chi connectivity index (χ3v) is 2.36. The van der Waals surface area contributed by atoms with Crippen molar-refractivity contribution >= 4 is 5.91 Å². The smallest absolute Gasteiger partial charge is 0.217 e. The highest BCUT2D eigenvalue weighted by Crippen LogP contribution is 2.25. The molecule has 0 saturated carbocycles. The number of ether oxygens (including phenoxy) is 2. The topological polar surface area (TPSA) is 61.5 Å². The van der Waals surface area contributed by atoms with Gasteiger partial charge in [0.25, 0.3) is 0 Å². The fourth-order valence-corrected chi connectivity index (χ4v) is 1.51. The third-order valence-electron chi connectivity index (χ3n) is 2.36. The van der Waals surface area contributed by atoms with E-state index in [4.69, 9.17) is 15.2 Å². The van der Waals surface area contributed by atoms with E-state index in [9.17, 15) is 4.79 Å². The molecular weight excluding hydrogens is 206 g/mol. The van der Waals surface area contributed by atoms with Crippen LogP contribution in [0.5, 0.6) is 11.5 Å². The molecule has 0 fully saturated rings. The zero-order valence-corrected chi connectivity index (χ0v) is 9.66. The van der Waals surface area contributed by atoms with Crippen molar-refractivity contribution in [3.63, 3.8) is 0 Å². The summed E-state index contributed by atoms with van der Waals surface area (Å²) in [6.07, 6.45) is 1.91. The van der Waals surface area contributed by atoms with Crippen LogP contribution in [0, 0.1) is 0 Å². The van der Waals surface area contributed by atoms with Crippen molar-refractivity contribution in [3.05, 3.63) is 23.8 Å². The first-order chi connectivity index (χ1) is 7.67.